The van der Waals surface area contributed by atoms with E-state index in [4.69, 9.17) is 33.2 Å². The molecule has 0 bridgehead atoms. The van der Waals surface area contributed by atoms with Crippen LogP contribution in [0.3, 0.4) is 0 Å². The molecular weight excluding hydrogens is 486 g/mol. The standard InChI is InChI=1S/C29H30ClN5O2/c30-26-24-15-8-19(28(32)33)16-25(24)35(27(26)29(36)34-21-11-9-20(31)10-12-21)17-18-6-13-23(14-7-18)37-22-4-2-1-3-5-22/h1-8,13-16,20-21H,9-12,17,31H2,(H3,32,33)(H,34,36)/t20-,21-. The average Bonchev–Trinajstić information content (AvgIpc) is 3.17. The first-order valence-electron chi connectivity index (χ1n) is 12.4. The van der Waals surface area contributed by atoms with Crippen LogP contribution in [-0.2, 0) is 6.54 Å². The van der Waals surface area contributed by atoms with Gasteiger partial charge in [-0.2, -0.15) is 0 Å². The van der Waals surface area contributed by atoms with Crippen molar-refractivity contribution in [3.05, 3.63) is 94.6 Å². The molecule has 5 rings (SSSR count). The fraction of sp³-hybridized carbons (Fsp3) is 0.241. The van der Waals surface area contributed by atoms with E-state index in [1.807, 2.05) is 71.3 Å². The summed E-state index contributed by atoms with van der Waals surface area (Å²) in [4.78, 5) is 13.5. The number of benzene rings is 3. The van der Waals surface area contributed by atoms with Crippen molar-refractivity contribution in [3.63, 3.8) is 0 Å². The van der Waals surface area contributed by atoms with Crippen molar-refractivity contribution in [1.82, 2.24) is 9.88 Å². The van der Waals surface area contributed by atoms with Crippen molar-refractivity contribution in [3.8, 4) is 11.5 Å². The Morgan fingerprint density at radius 3 is 2.35 bits per heavy atom. The Labute approximate surface area is 220 Å². The Bertz CT molecular complexity index is 1420. The highest BCUT2D eigenvalue weighted by atomic mass is 35.5. The lowest BCUT2D eigenvalue weighted by Crippen LogP contribution is -2.41. The molecule has 1 heterocycles. The Morgan fingerprint density at radius 1 is 1.00 bits per heavy atom. The minimum absolute atomic E-state index is 0.0438. The number of amidine groups is 1. The maximum absolute atomic E-state index is 13.5. The van der Waals surface area contributed by atoms with E-state index in [1.54, 1.807) is 6.07 Å². The fourth-order valence-electron chi connectivity index (χ4n) is 4.85. The van der Waals surface area contributed by atoms with E-state index in [9.17, 15) is 4.79 Å². The molecule has 0 spiro atoms. The van der Waals surface area contributed by atoms with Crippen molar-refractivity contribution in [1.29, 1.82) is 5.41 Å². The number of aromatic nitrogens is 1. The molecule has 0 unspecified atom stereocenters. The summed E-state index contributed by atoms with van der Waals surface area (Å²) in [6.07, 6.45) is 3.48. The zero-order valence-corrected chi connectivity index (χ0v) is 21.2. The SMILES string of the molecule is N=C(N)c1ccc2c(Cl)c(C(=O)N[C@H]3CC[C@H](N)CC3)n(Cc3ccc(Oc4ccccc4)cc3)c2c1. The number of carbonyl (C=O) groups is 1. The van der Waals surface area contributed by atoms with Gasteiger partial charge in [0.15, 0.2) is 0 Å². The first-order chi connectivity index (χ1) is 17.9. The third-order valence-corrected chi connectivity index (χ3v) is 7.26. The largest absolute Gasteiger partial charge is 0.457 e. The van der Waals surface area contributed by atoms with Gasteiger partial charge in [-0.3, -0.25) is 10.2 Å². The maximum atomic E-state index is 13.5. The van der Waals surface area contributed by atoms with Crippen LogP contribution in [0.1, 0.15) is 47.3 Å². The predicted octanol–water partition coefficient (Wildman–Crippen LogP) is 5.42. The highest BCUT2D eigenvalue weighted by Crippen LogP contribution is 2.33. The second kappa shape index (κ2) is 10.7. The van der Waals surface area contributed by atoms with Gasteiger partial charge in [0.25, 0.3) is 5.91 Å². The predicted molar refractivity (Wildman–Crippen MR) is 148 cm³/mol. The quantitative estimate of drug-likeness (QED) is 0.194. The van der Waals surface area contributed by atoms with Crippen LogP contribution in [0.2, 0.25) is 5.02 Å². The number of nitrogens with zero attached hydrogens (tertiary/aromatic N) is 1. The van der Waals surface area contributed by atoms with Crippen molar-refractivity contribution in [2.24, 2.45) is 11.5 Å². The van der Waals surface area contributed by atoms with Gasteiger partial charge in [-0.15, -0.1) is 0 Å². The normalized spacial score (nSPS) is 17.5. The molecule has 37 heavy (non-hydrogen) atoms. The van der Waals surface area contributed by atoms with E-state index < -0.39 is 0 Å². The van der Waals surface area contributed by atoms with Gasteiger partial charge in [-0.1, -0.05) is 54.1 Å². The average molecular weight is 516 g/mol. The number of ether oxygens (including phenoxy) is 1. The molecule has 1 saturated carbocycles. The van der Waals surface area contributed by atoms with Crippen LogP contribution >= 0.6 is 11.6 Å². The van der Waals surface area contributed by atoms with Gasteiger partial charge in [0, 0.05) is 29.6 Å². The lowest BCUT2D eigenvalue weighted by Gasteiger charge is -2.27. The number of nitrogen functional groups attached to an aromatic ring is 1. The molecule has 7 nitrogen and oxygen atoms in total. The van der Waals surface area contributed by atoms with Crippen LogP contribution in [0.5, 0.6) is 11.5 Å². The van der Waals surface area contributed by atoms with Crippen LogP contribution in [-0.4, -0.2) is 28.4 Å². The Kier molecular flexibility index (Phi) is 7.17. The van der Waals surface area contributed by atoms with Crippen LogP contribution < -0.4 is 21.5 Å². The molecule has 1 amide bonds. The Balaban J connectivity index is 1.47. The van der Waals surface area contributed by atoms with E-state index in [0.29, 0.717) is 22.8 Å². The molecule has 1 aliphatic rings. The zero-order valence-electron chi connectivity index (χ0n) is 20.4. The molecule has 1 fully saturated rings. The summed E-state index contributed by atoms with van der Waals surface area (Å²) in [7, 11) is 0. The third kappa shape index (κ3) is 5.48. The summed E-state index contributed by atoms with van der Waals surface area (Å²) >= 11 is 6.81. The number of fused-ring (bicyclic) bond motifs is 1. The number of nitrogens with one attached hydrogen (secondary N) is 2. The van der Waals surface area contributed by atoms with Crippen molar-refractivity contribution >= 4 is 34.2 Å². The van der Waals surface area contributed by atoms with Gasteiger partial charge in [0.05, 0.1) is 10.5 Å². The molecule has 8 heteroatoms. The molecule has 1 aromatic heterocycles. The molecule has 6 N–H and O–H groups in total. The number of hydrogen-bond donors (Lipinski definition) is 4. The summed E-state index contributed by atoms with van der Waals surface area (Å²) in [5.74, 6) is 1.23. The molecule has 0 atom stereocenters. The van der Waals surface area contributed by atoms with Gasteiger partial charge in [-0.05, 0) is 61.6 Å². The summed E-state index contributed by atoms with van der Waals surface area (Å²) in [5.41, 5.74) is 14.5. The Morgan fingerprint density at radius 2 is 1.68 bits per heavy atom. The number of amides is 1. The zero-order chi connectivity index (χ0) is 25.9. The number of nitrogens with two attached hydrogens (primary N) is 2. The lowest BCUT2D eigenvalue weighted by molar-refractivity contribution is 0.0917. The Hall–Kier alpha value is -3.81. The summed E-state index contributed by atoms with van der Waals surface area (Å²) < 4.78 is 7.82. The van der Waals surface area contributed by atoms with Crippen molar-refractivity contribution in [2.75, 3.05) is 0 Å². The minimum Gasteiger partial charge on any atom is -0.457 e. The highest BCUT2D eigenvalue weighted by Gasteiger charge is 2.26. The van der Waals surface area contributed by atoms with Gasteiger partial charge in [0.1, 0.15) is 23.0 Å². The minimum atomic E-state index is -0.213. The monoisotopic (exact) mass is 515 g/mol. The second-order valence-corrected chi connectivity index (χ2v) is 9.92. The van der Waals surface area contributed by atoms with E-state index in [1.165, 1.54) is 0 Å². The van der Waals surface area contributed by atoms with Crippen LogP contribution in [0.25, 0.3) is 10.9 Å². The maximum Gasteiger partial charge on any atom is 0.269 e. The van der Waals surface area contributed by atoms with Crippen molar-refractivity contribution < 1.29 is 9.53 Å². The van der Waals surface area contributed by atoms with Gasteiger partial charge in [0.2, 0.25) is 0 Å². The fourth-order valence-corrected chi connectivity index (χ4v) is 5.20. The molecule has 3 aromatic carbocycles. The molecule has 190 valence electrons. The number of hydrogen-bond acceptors (Lipinski definition) is 4. The molecule has 0 radical (unpaired) electrons. The first kappa shape index (κ1) is 24.9. The van der Waals surface area contributed by atoms with E-state index in [0.717, 1.165) is 53.6 Å². The summed E-state index contributed by atoms with van der Waals surface area (Å²) in [6, 6.07) is 23.0. The smallest absolute Gasteiger partial charge is 0.269 e. The van der Waals surface area contributed by atoms with Gasteiger partial charge >= 0.3 is 0 Å². The highest BCUT2D eigenvalue weighted by molar-refractivity contribution is 6.39. The van der Waals surface area contributed by atoms with Crippen LogP contribution in [0.4, 0.5) is 0 Å². The second-order valence-electron chi connectivity index (χ2n) is 9.54. The third-order valence-electron chi connectivity index (χ3n) is 6.88. The first-order valence-corrected chi connectivity index (χ1v) is 12.8. The number of halogens is 1. The number of para-hydroxylation sites is 1. The van der Waals surface area contributed by atoms with Gasteiger partial charge < -0.3 is 26.1 Å². The molecule has 0 saturated heterocycles. The van der Waals surface area contributed by atoms with Gasteiger partial charge in [-0.25, -0.2) is 0 Å². The molecule has 1 aliphatic carbocycles. The van der Waals surface area contributed by atoms with Crippen LogP contribution in [0.15, 0.2) is 72.8 Å². The molecular formula is C29H30ClN5O2. The molecule has 0 aliphatic heterocycles. The lowest BCUT2D eigenvalue weighted by atomic mass is 9.92. The summed E-state index contributed by atoms with van der Waals surface area (Å²) in [6.45, 7) is 0.411. The van der Waals surface area contributed by atoms with Crippen LogP contribution in [0, 0.1) is 5.41 Å². The van der Waals surface area contributed by atoms with E-state index in [2.05, 4.69) is 5.32 Å². The number of carbonyl (C=O) groups excluding carboxylic acids is 1. The topological polar surface area (TPSA) is 119 Å². The molecule has 4 aromatic rings. The number of rotatable bonds is 7. The van der Waals surface area contributed by atoms with E-state index >= 15 is 0 Å². The van der Waals surface area contributed by atoms with Crippen molar-refractivity contribution in [2.45, 2.75) is 44.3 Å². The summed E-state index contributed by atoms with van der Waals surface area (Å²) in [5, 5.41) is 12.2. The van der Waals surface area contributed by atoms with E-state index in [-0.39, 0.29) is 23.8 Å².